The summed E-state index contributed by atoms with van der Waals surface area (Å²) in [5.41, 5.74) is 0. The molecule has 0 nitrogen and oxygen atoms in total. The van der Waals surface area contributed by atoms with Gasteiger partial charge in [0.05, 0.1) is 0 Å². The second kappa shape index (κ2) is 9.79. The molecule has 0 saturated carbocycles. The Morgan fingerprint density at radius 1 is 0.800 bits per heavy atom. The smallest absolute Gasteiger partial charge is 0.230 e. The number of thioether (sulfide) groups is 1. The summed E-state index contributed by atoms with van der Waals surface area (Å²) < 4.78 is 73.9. The molecule has 0 saturated heterocycles. The fourth-order valence-electron chi connectivity index (χ4n) is 1.71. The summed E-state index contributed by atoms with van der Waals surface area (Å²) in [7, 11) is 0. The van der Waals surface area contributed by atoms with Crippen LogP contribution in [0.3, 0.4) is 0 Å². The largest absolute Gasteiger partial charge is 0.426 e. The first-order valence-corrected chi connectivity index (χ1v) is 7.93. The summed E-state index contributed by atoms with van der Waals surface area (Å²) in [5.74, 6) is -0.154. The van der Waals surface area contributed by atoms with Crippen LogP contribution in [-0.2, 0) is 0 Å². The summed E-state index contributed by atoms with van der Waals surface area (Å²) >= 11 is -0.243. The fourth-order valence-corrected chi connectivity index (χ4v) is 2.61. The maximum atomic E-state index is 12.9. The molecule has 1 unspecified atom stereocenters. The van der Waals surface area contributed by atoms with Gasteiger partial charge < -0.3 is 0 Å². The lowest BCUT2D eigenvalue weighted by Gasteiger charge is -2.21. The van der Waals surface area contributed by atoms with Gasteiger partial charge in [0, 0.05) is 0 Å². The molecule has 7 heteroatoms. The van der Waals surface area contributed by atoms with Crippen LogP contribution in [0.1, 0.15) is 58.3 Å². The van der Waals surface area contributed by atoms with E-state index >= 15 is 0 Å². The molecule has 122 valence electrons. The van der Waals surface area contributed by atoms with Crippen molar-refractivity contribution in [2.24, 2.45) is 0 Å². The zero-order chi connectivity index (χ0) is 15.6. The summed E-state index contributed by atoms with van der Waals surface area (Å²) in [5, 5.41) is -4.39. The molecule has 0 aromatic heterocycles. The van der Waals surface area contributed by atoms with Crippen LogP contribution in [0, 0.1) is 0 Å². The topological polar surface area (TPSA) is 0 Å². The lowest BCUT2D eigenvalue weighted by Crippen LogP contribution is -2.39. The van der Waals surface area contributed by atoms with E-state index in [1.165, 1.54) is 6.42 Å². The van der Waals surface area contributed by atoms with E-state index in [1.807, 2.05) is 0 Å². The lowest BCUT2D eigenvalue weighted by molar-refractivity contribution is -0.219. The predicted octanol–water partition coefficient (Wildman–Crippen LogP) is 6.35. The van der Waals surface area contributed by atoms with E-state index in [1.54, 1.807) is 0 Å². The number of hydrogen-bond acceptors (Lipinski definition) is 1. The fraction of sp³-hybridized carbons (Fsp3) is 1.00. The Morgan fingerprint density at radius 3 is 1.70 bits per heavy atom. The Labute approximate surface area is 120 Å². The molecule has 0 heterocycles. The molecule has 0 fully saturated rings. The third-order valence-electron chi connectivity index (χ3n) is 2.87. The van der Waals surface area contributed by atoms with Gasteiger partial charge >= 0.3 is 11.4 Å². The second-order valence-corrected chi connectivity index (χ2v) is 6.03. The van der Waals surface area contributed by atoms with Gasteiger partial charge in [-0.1, -0.05) is 63.6 Å². The van der Waals surface area contributed by atoms with E-state index < -0.39 is 17.6 Å². The monoisotopic (exact) mass is 324 g/mol. The summed E-state index contributed by atoms with van der Waals surface area (Å²) in [4.78, 5) is 0. The van der Waals surface area contributed by atoms with Crippen molar-refractivity contribution >= 4 is 11.8 Å². The maximum absolute atomic E-state index is 12.9. The van der Waals surface area contributed by atoms with Crippen LogP contribution in [-0.4, -0.2) is 23.4 Å². The van der Waals surface area contributed by atoms with E-state index in [9.17, 15) is 26.3 Å². The minimum atomic E-state index is -5.50. The van der Waals surface area contributed by atoms with Crippen molar-refractivity contribution in [1.29, 1.82) is 0 Å². The Morgan fingerprint density at radius 2 is 1.25 bits per heavy atom. The standard InChI is InChI=1S/C13H22F6S/c1-2-3-4-5-6-7-8-9-10-20-13(18,19)11(14)12(15,16)17/h11H,2-10H2,1H3. The van der Waals surface area contributed by atoms with Crippen LogP contribution < -0.4 is 0 Å². The molecule has 0 aromatic carbocycles. The van der Waals surface area contributed by atoms with Gasteiger partial charge in [-0.15, -0.1) is 0 Å². The van der Waals surface area contributed by atoms with Crippen molar-refractivity contribution in [3.05, 3.63) is 0 Å². The number of rotatable bonds is 11. The summed E-state index contributed by atoms with van der Waals surface area (Å²) in [6, 6.07) is 0. The number of halogens is 6. The van der Waals surface area contributed by atoms with Gasteiger partial charge in [0.2, 0.25) is 0 Å². The third-order valence-corrected chi connectivity index (χ3v) is 3.96. The molecule has 0 spiro atoms. The molecule has 0 aliphatic carbocycles. The third kappa shape index (κ3) is 8.97. The average molecular weight is 324 g/mol. The van der Waals surface area contributed by atoms with Gasteiger partial charge in [0.15, 0.2) is 0 Å². The van der Waals surface area contributed by atoms with E-state index in [0.717, 1.165) is 32.1 Å². The van der Waals surface area contributed by atoms with Crippen molar-refractivity contribution in [1.82, 2.24) is 0 Å². The summed E-state index contributed by atoms with van der Waals surface area (Å²) in [6.07, 6.45) is -2.05. The minimum absolute atomic E-state index is 0.154. The highest BCUT2D eigenvalue weighted by Crippen LogP contribution is 2.42. The first kappa shape index (κ1) is 19.9. The molecule has 0 aromatic rings. The van der Waals surface area contributed by atoms with Gasteiger partial charge in [-0.05, 0) is 12.2 Å². The highest BCUT2D eigenvalue weighted by molar-refractivity contribution is 8.00. The van der Waals surface area contributed by atoms with Gasteiger partial charge in [-0.2, -0.15) is 22.0 Å². The van der Waals surface area contributed by atoms with Crippen LogP contribution in [0.15, 0.2) is 0 Å². The molecule has 20 heavy (non-hydrogen) atoms. The first-order chi connectivity index (χ1) is 9.22. The van der Waals surface area contributed by atoms with Crippen LogP contribution in [0.4, 0.5) is 26.3 Å². The molecular weight excluding hydrogens is 302 g/mol. The van der Waals surface area contributed by atoms with Crippen LogP contribution >= 0.6 is 11.8 Å². The predicted molar refractivity (Wildman–Crippen MR) is 71.0 cm³/mol. The number of unbranched alkanes of at least 4 members (excludes halogenated alkanes) is 7. The number of alkyl halides is 6. The van der Waals surface area contributed by atoms with Crippen LogP contribution in [0.25, 0.3) is 0 Å². The van der Waals surface area contributed by atoms with Crippen molar-refractivity contribution in [2.45, 2.75) is 75.9 Å². The molecule has 0 rings (SSSR count). The van der Waals surface area contributed by atoms with Crippen molar-refractivity contribution in [3.8, 4) is 0 Å². The Hall–Kier alpha value is -0.0700. The molecule has 0 bridgehead atoms. The van der Waals surface area contributed by atoms with Crippen LogP contribution in [0.5, 0.6) is 0 Å². The number of hydrogen-bond donors (Lipinski definition) is 0. The first-order valence-electron chi connectivity index (χ1n) is 6.94. The van der Waals surface area contributed by atoms with E-state index in [0.29, 0.717) is 12.8 Å². The molecule has 0 amide bonds. The van der Waals surface area contributed by atoms with Crippen molar-refractivity contribution in [2.75, 3.05) is 5.75 Å². The van der Waals surface area contributed by atoms with Gasteiger partial charge in [0.1, 0.15) is 0 Å². The normalized spacial score (nSPS) is 14.6. The zero-order valence-electron chi connectivity index (χ0n) is 11.6. The summed E-state index contributed by atoms with van der Waals surface area (Å²) in [6.45, 7) is 2.11. The SMILES string of the molecule is CCCCCCCCCCSC(F)(F)C(F)C(F)(F)F. The molecule has 0 N–H and O–H groups in total. The van der Waals surface area contributed by atoms with E-state index in [-0.39, 0.29) is 17.5 Å². The molecular formula is C13H22F6S. The zero-order valence-corrected chi connectivity index (χ0v) is 12.4. The second-order valence-electron chi connectivity index (χ2n) is 4.79. The molecule has 0 aliphatic heterocycles. The molecule has 0 radical (unpaired) electrons. The highest BCUT2D eigenvalue weighted by atomic mass is 32.2. The maximum Gasteiger partial charge on any atom is 0.426 e. The Kier molecular flexibility index (Phi) is 9.76. The Balaban J connectivity index is 3.63. The minimum Gasteiger partial charge on any atom is -0.230 e. The molecule has 0 aliphatic rings. The van der Waals surface area contributed by atoms with Gasteiger partial charge in [-0.3, -0.25) is 0 Å². The Bertz CT molecular complexity index is 242. The van der Waals surface area contributed by atoms with Crippen molar-refractivity contribution in [3.63, 3.8) is 0 Å². The highest BCUT2D eigenvalue weighted by Gasteiger charge is 2.56. The van der Waals surface area contributed by atoms with Gasteiger partial charge in [0.25, 0.3) is 6.17 Å². The van der Waals surface area contributed by atoms with Gasteiger partial charge in [-0.25, -0.2) is 4.39 Å². The molecule has 1 atom stereocenters. The quantitative estimate of drug-likeness (QED) is 0.315. The van der Waals surface area contributed by atoms with E-state index in [2.05, 4.69) is 6.92 Å². The lowest BCUT2D eigenvalue weighted by atomic mass is 10.1. The van der Waals surface area contributed by atoms with E-state index in [4.69, 9.17) is 0 Å². The van der Waals surface area contributed by atoms with Crippen LogP contribution in [0.2, 0.25) is 0 Å². The van der Waals surface area contributed by atoms with Crippen molar-refractivity contribution < 1.29 is 26.3 Å². The average Bonchev–Trinajstić information content (AvgIpc) is 2.34.